The Morgan fingerprint density at radius 3 is 2.70 bits per heavy atom. The normalized spacial score (nSPS) is 15.5. The Morgan fingerprint density at radius 1 is 1.30 bits per heavy atom. The van der Waals surface area contributed by atoms with Gasteiger partial charge >= 0.3 is 0 Å². The molecule has 0 radical (unpaired) electrons. The van der Waals surface area contributed by atoms with Crippen molar-refractivity contribution in [2.24, 2.45) is 0 Å². The van der Waals surface area contributed by atoms with E-state index < -0.39 is 12.0 Å². The van der Waals surface area contributed by atoms with Gasteiger partial charge in [0.05, 0.1) is 5.75 Å². The Morgan fingerprint density at radius 2 is 2.00 bits per heavy atom. The summed E-state index contributed by atoms with van der Waals surface area (Å²) in [4.78, 5) is 25.4. The van der Waals surface area contributed by atoms with Crippen LogP contribution in [0.25, 0.3) is 0 Å². The van der Waals surface area contributed by atoms with E-state index in [-0.39, 0.29) is 18.3 Å². The molecule has 1 aromatic rings. The number of ether oxygens (including phenoxy) is 2. The number of hydrogen-bond donors (Lipinski definition) is 2. The minimum absolute atomic E-state index is 0.0815. The molecule has 0 aliphatic carbocycles. The molecule has 23 heavy (non-hydrogen) atoms. The number of carbonyl (C=O) groups excluding carboxylic acids is 2. The Hall–Kier alpha value is -2.00. The first-order valence-corrected chi connectivity index (χ1v) is 8.18. The number of rotatable bonds is 3. The topological polar surface area (TPSA) is 79.9 Å². The number of nitrogens with zero attached hydrogens (tertiary/aromatic N) is 1. The summed E-state index contributed by atoms with van der Waals surface area (Å²) in [5.74, 6) is 0.367. The van der Waals surface area contributed by atoms with E-state index in [1.54, 1.807) is 37.2 Å². The monoisotopic (exact) mass is 355 g/mol. The summed E-state index contributed by atoms with van der Waals surface area (Å²) in [6.45, 7) is 0.0815. The summed E-state index contributed by atoms with van der Waals surface area (Å²) in [5.41, 5.74) is 4.65. The fourth-order valence-electron chi connectivity index (χ4n) is 1.65. The lowest BCUT2D eigenvalue weighted by atomic mass is 10.2. The molecule has 0 saturated carbocycles. The van der Waals surface area contributed by atoms with Crippen molar-refractivity contribution < 1.29 is 19.1 Å². The van der Waals surface area contributed by atoms with Crippen molar-refractivity contribution in [2.75, 3.05) is 26.5 Å². The maximum atomic E-state index is 12.0. The van der Waals surface area contributed by atoms with Crippen molar-refractivity contribution in [1.82, 2.24) is 15.8 Å². The molecule has 1 aliphatic rings. The van der Waals surface area contributed by atoms with Crippen LogP contribution in [0.2, 0.25) is 0 Å². The molecule has 124 valence electrons. The van der Waals surface area contributed by atoms with Gasteiger partial charge in [-0.2, -0.15) is 0 Å². The van der Waals surface area contributed by atoms with Gasteiger partial charge in [-0.15, -0.1) is 0 Å². The van der Waals surface area contributed by atoms with E-state index >= 15 is 0 Å². The molecule has 1 heterocycles. The summed E-state index contributed by atoms with van der Waals surface area (Å²) >= 11 is 6.27. The van der Waals surface area contributed by atoms with Crippen LogP contribution in [0, 0.1) is 0 Å². The van der Waals surface area contributed by atoms with Crippen LogP contribution in [0.5, 0.6) is 11.5 Å². The van der Waals surface area contributed by atoms with Crippen molar-refractivity contribution >= 4 is 40.1 Å². The van der Waals surface area contributed by atoms with E-state index in [1.165, 1.54) is 11.8 Å². The molecule has 0 fully saturated rings. The van der Waals surface area contributed by atoms with E-state index in [0.717, 1.165) is 0 Å². The number of thioether (sulfide) groups is 1. The molecule has 0 unspecified atom stereocenters. The SMILES string of the molecule is CN(C)C(=S)SCC(=O)NNC(=O)[C@@H]1COc2ccccc2O1. The average molecular weight is 355 g/mol. The first-order valence-electron chi connectivity index (χ1n) is 6.78. The number of fused-ring (bicyclic) bond motifs is 1. The smallest absolute Gasteiger partial charge is 0.283 e. The van der Waals surface area contributed by atoms with Crippen LogP contribution in [-0.2, 0) is 9.59 Å². The second-order valence-corrected chi connectivity index (χ2v) is 6.46. The van der Waals surface area contributed by atoms with Gasteiger partial charge in [-0.25, -0.2) is 0 Å². The highest BCUT2D eigenvalue weighted by Gasteiger charge is 2.27. The molecule has 2 amide bonds. The summed E-state index contributed by atoms with van der Waals surface area (Å²) < 4.78 is 11.6. The fraction of sp³-hybridized carbons (Fsp3) is 0.357. The number of hydrogen-bond acceptors (Lipinski definition) is 6. The maximum absolute atomic E-state index is 12.0. The molecule has 1 aromatic carbocycles. The van der Waals surface area contributed by atoms with Crippen molar-refractivity contribution in [1.29, 1.82) is 0 Å². The van der Waals surface area contributed by atoms with E-state index in [9.17, 15) is 9.59 Å². The standard InChI is InChI=1S/C14H17N3O4S2/c1-17(2)14(22)23-8-12(18)15-16-13(19)11-7-20-9-5-3-4-6-10(9)21-11/h3-6,11H,7-8H2,1-2H3,(H,15,18)(H,16,19)/t11-/m0/s1. The number of para-hydroxylation sites is 2. The number of amides is 2. The predicted octanol–water partition coefficient (Wildman–Crippen LogP) is 0.554. The lowest BCUT2D eigenvalue weighted by molar-refractivity contribution is -0.134. The van der Waals surface area contributed by atoms with Gasteiger partial charge < -0.3 is 14.4 Å². The van der Waals surface area contributed by atoms with Crippen LogP contribution in [0.4, 0.5) is 0 Å². The van der Waals surface area contributed by atoms with E-state index in [1.807, 2.05) is 6.07 Å². The first-order chi connectivity index (χ1) is 11.0. The number of thiocarbonyl (C=S) groups is 1. The zero-order chi connectivity index (χ0) is 16.8. The third-order valence-corrected chi connectivity index (χ3v) is 4.56. The molecule has 0 aromatic heterocycles. The average Bonchev–Trinajstić information content (AvgIpc) is 2.56. The molecule has 2 N–H and O–H groups in total. The minimum atomic E-state index is -0.819. The highest BCUT2D eigenvalue weighted by atomic mass is 32.2. The quantitative estimate of drug-likeness (QED) is 0.606. The Labute approximate surface area is 143 Å². The number of benzene rings is 1. The first kappa shape index (κ1) is 17.4. The largest absolute Gasteiger partial charge is 0.485 e. The Kier molecular flexibility index (Phi) is 6.05. The summed E-state index contributed by atoms with van der Waals surface area (Å²) in [6.07, 6.45) is -0.819. The molecular weight excluding hydrogens is 338 g/mol. The molecule has 0 saturated heterocycles. The van der Waals surface area contributed by atoms with Crippen molar-refractivity contribution in [2.45, 2.75) is 6.10 Å². The molecule has 0 bridgehead atoms. The van der Waals surface area contributed by atoms with Gasteiger partial charge in [-0.1, -0.05) is 36.1 Å². The van der Waals surface area contributed by atoms with E-state index in [4.69, 9.17) is 21.7 Å². The van der Waals surface area contributed by atoms with Crippen LogP contribution in [0.15, 0.2) is 24.3 Å². The van der Waals surface area contributed by atoms with Gasteiger partial charge in [0.25, 0.3) is 5.91 Å². The van der Waals surface area contributed by atoms with Crippen LogP contribution >= 0.6 is 24.0 Å². The second-order valence-electron chi connectivity index (χ2n) is 4.85. The summed E-state index contributed by atoms with van der Waals surface area (Å²) in [7, 11) is 3.60. The Bertz CT molecular complexity index is 609. The molecule has 1 atom stereocenters. The fourth-order valence-corrected chi connectivity index (χ4v) is 2.41. The number of carbonyl (C=O) groups is 2. The number of hydrazine groups is 1. The molecule has 0 spiro atoms. The molecule has 9 heteroatoms. The van der Waals surface area contributed by atoms with Gasteiger partial charge in [0.15, 0.2) is 11.5 Å². The van der Waals surface area contributed by atoms with E-state index in [2.05, 4.69) is 10.9 Å². The lowest BCUT2D eigenvalue weighted by Crippen LogP contribution is -2.51. The second kappa shape index (κ2) is 8.02. The summed E-state index contributed by atoms with van der Waals surface area (Å²) in [5, 5.41) is 0. The Balaban J connectivity index is 1.75. The van der Waals surface area contributed by atoms with Gasteiger partial charge in [0.1, 0.15) is 10.9 Å². The van der Waals surface area contributed by atoms with Crippen LogP contribution in [0.3, 0.4) is 0 Å². The zero-order valence-corrected chi connectivity index (χ0v) is 14.3. The molecular formula is C14H17N3O4S2. The number of nitrogens with one attached hydrogen (secondary N) is 2. The maximum Gasteiger partial charge on any atom is 0.283 e. The van der Waals surface area contributed by atoms with Crippen LogP contribution < -0.4 is 20.3 Å². The third kappa shape index (κ3) is 5.00. The molecule has 1 aliphatic heterocycles. The van der Waals surface area contributed by atoms with Crippen LogP contribution in [-0.4, -0.2) is 53.6 Å². The van der Waals surface area contributed by atoms with Gasteiger partial charge in [-0.3, -0.25) is 20.4 Å². The van der Waals surface area contributed by atoms with E-state index in [0.29, 0.717) is 15.8 Å². The molecule has 2 rings (SSSR count). The van der Waals surface area contributed by atoms with Gasteiger partial charge in [0.2, 0.25) is 12.0 Å². The van der Waals surface area contributed by atoms with Crippen molar-refractivity contribution in [3.8, 4) is 11.5 Å². The van der Waals surface area contributed by atoms with Crippen molar-refractivity contribution in [3.05, 3.63) is 24.3 Å². The zero-order valence-electron chi connectivity index (χ0n) is 12.7. The van der Waals surface area contributed by atoms with Crippen molar-refractivity contribution in [3.63, 3.8) is 0 Å². The highest BCUT2D eigenvalue weighted by Crippen LogP contribution is 2.30. The highest BCUT2D eigenvalue weighted by molar-refractivity contribution is 8.23. The lowest BCUT2D eigenvalue weighted by Gasteiger charge is -2.25. The minimum Gasteiger partial charge on any atom is -0.485 e. The predicted molar refractivity (Wildman–Crippen MR) is 91.4 cm³/mol. The summed E-state index contributed by atoms with van der Waals surface area (Å²) in [6, 6.07) is 7.08. The van der Waals surface area contributed by atoms with Gasteiger partial charge in [0, 0.05) is 14.1 Å². The van der Waals surface area contributed by atoms with Crippen LogP contribution in [0.1, 0.15) is 0 Å². The van der Waals surface area contributed by atoms with Gasteiger partial charge in [-0.05, 0) is 12.1 Å². The molecule has 7 nitrogen and oxygen atoms in total. The third-order valence-electron chi connectivity index (χ3n) is 2.82.